The van der Waals surface area contributed by atoms with Gasteiger partial charge < -0.3 is 15.4 Å². The number of carbonyl (C=O) groups excluding carboxylic acids is 3. The summed E-state index contributed by atoms with van der Waals surface area (Å²) in [5, 5.41) is 5.33. The van der Waals surface area contributed by atoms with Crippen LogP contribution in [0.25, 0.3) is 0 Å². The van der Waals surface area contributed by atoms with E-state index in [1.54, 1.807) is 27.7 Å². The van der Waals surface area contributed by atoms with Crippen molar-refractivity contribution < 1.29 is 19.1 Å². The molecule has 0 aliphatic heterocycles. The van der Waals surface area contributed by atoms with Crippen molar-refractivity contribution in [3.8, 4) is 0 Å². The number of hydrogen-bond donors (Lipinski definition) is 2. The van der Waals surface area contributed by atoms with Crippen LogP contribution in [0.5, 0.6) is 0 Å². The second-order valence-corrected chi connectivity index (χ2v) is 8.05. The van der Waals surface area contributed by atoms with Gasteiger partial charge in [-0.05, 0) is 52.9 Å². The van der Waals surface area contributed by atoms with Gasteiger partial charge in [0.05, 0.1) is 3.92 Å². The molecule has 3 unspecified atom stereocenters. The first kappa shape index (κ1) is 19.2. The molecule has 0 aromatic carbocycles. The normalized spacial score (nSPS) is 22.8. The Morgan fingerprint density at radius 2 is 1.91 bits per heavy atom. The van der Waals surface area contributed by atoms with Gasteiger partial charge in [0.15, 0.2) is 0 Å². The fraction of sp³-hybridized carbons (Fsp3) is 0.800. The van der Waals surface area contributed by atoms with Crippen molar-refractivity contribution in [2.45, 2.75) is 62.5 Å². The van der Waals surface area contributed by atoms with E-state index in [-0.39, 0.29) is 28.2 Å². The maximum absolute atomic E-state index is 11.8. The van der Waals surface area contributed by atoms with Crippen LogP contribution in [-0.4, -0.2) is 39.9 Å². The molecule has 3 atom stereocenters. The number of alkyl halides is 1. The smallest absolute Gasteiger partial charge is 0.408 e. The monoisotopic (exact) mass is 424 g/mol. The summed E-state index contributed by atoms with van der Waals surface area (Å²) in [5.74, 6) is 0.274. The van der Waals surface area contributed by atoms with Gasteiger partial charge in [0.2, 0.25) is 5.91 Å². The molecule has 0 saturated heterocycles. The topological polar surface area (TPSA) is 84.5 Å². The Balaban J connectivity index is 2.29. The number of carbonyl (C=O) groups is 3. The number of amides is 2. The largest absolute Gasteiger partial charge is 0.444 e. The predicted molar refractivity (Wildman–Crippen MR) is 92.0 cm³/mol. The first-order valence-corrected chi connectivity index (χ1v) is 8.74. The second kappa shape index (κ2) is 8.12. The van der Waals surface area contributed by atoms with E-state index >= 15 is 0 Å². The molecular formula is C15H25IN2O4. The average Bonchev–Trinajstić information content (AvgIpc) is 2.81. The number of nitrogens with one attached hydrogen (secondary N) is 2. The summed E-state index contributed by atoms with van der Waals surface area (Å²) >= 11 is 2.18. The predicted octanol–water partition coefficient (Wildman–Crippen LogP) is 2.19. The van der Waals surface area contributed by atoms with Crippen LogP contribution >= 0.6 is 22.6 Å². The van der Waals surface area contributed by atoms with Crippen molar-refractivity contribution in [2.75, 3.05) is 6.54 Å². The number of alkyl carbamates (subject to hydrolysis) is 1. The van der Waals surface area contributed by atoms with E-state index in [0.717, 1.165) is 19.3 Å². The molecule has 2 N–H and O–H groups in total. The SMILES string of the molecule is CC(=O)C(I)C1CCC(NC(=O)CNC(=O)OC(C)(C)C)C1. The third kappa shape index (κ3) is 6.93. The standard InChI is InChI=1S/C15H25IN2O4/c1-9(19)13(16)10-5-6-11(7-10)18-12(20)8-17-14(21)22-15(2,3)4/h10-11,13H,5-8H2,1-4H3,(H,17,21)(H,18,20). The van der Waals surface area contributed by atoms with Gasteiger partial charge in [-0.15, -0.1) is 0 Å². The van der Waals surface area contributed by atoms with Crippen LogP contribution in [-0.2, 0) is 14.3 Å². The molecule has 0 radical (unpaired) electrons. The lowest BCUT2D eigenvalue weighted by molar-refractivity contribution is -0.121. The van der Waals surface area contributed by atoms with Gasteiger partial charge in [-0.2, -0.15) is 0 Å². The molecule has 1 aliphatic rings. The van der Waals surface area contributed by atoms with E-state index in [2.05, 4.69) is 33.2 Å². The molecule has 0 bridgehead atoms. The fourth-order valence-corrected chi connectivity index (χ4v) is 3.14. The summed E-state index contributed by atoms with van der Waals surface area (Å²) in [6.45, 7) is 6.80. The van der Waals surface area contributed by atoms with Crippen LogP contribution in [0, 0.1) is 5.92 Å². The average molecular weight is 424 g/mol. The Labute approximate surface area is 145 Å². The number of Topliss-reactive ketones (excluding diaryl/α,β-unsaturated/α-hetero) is 1. The Kier molecular flexibility index (Phi) is 7.08. The highest BCUT2D eigenvalue weighted by molar-refractivity contribution is 14.1. The van der Waals surface area contributed by atoms with E-state index in [0.29, 0.717) is 5.92 Å². The van der Waals surface area contributed by atoms with Gasteiger partial charge in [-0.25, -0.2) is 4.79 Å². The fourth-order valence-electron chi connectivity index (χ4n) is 2.49. The van der Waals surface area contributed by atoms with Gasteiger partial charge >= 0.3 is 6.09 Å². The summed E-state index contributed by atoms with van der Waals surface area (Å²) in [6, 6.07) is 0.0783. The van der Waals surface area contributed by atoms with E-state index in [4.69, 9.17) is 4.74 Å². The lowest BCUT2D eigenvalue weighted by atomic mass is 10.0. The third-order valence-corrected chi connectivity index (χ3v) is 5.33. The van der Waals surface area contributed by atoms with Crippen LogP contribution in [0.3, 0.4) is 0 Å². The van der Waals surface area contributed by atoms with Crippen LogP contribution < -0.4 is 10.6 Å². The minimum absolute atomic E-state index is 0.0133. The van der Waals surface area contributed by atoms with Crippen LogP contribution in [0.2, 0.25) is 0 Å². The van der Waals surface area contributed by atoms with Gasteiger partial charge in [-0.3, -0.25) is 9.59 Å². The molecule has 1 fully saturated rings. The maximum atomic E-state index is 11.8. The number of hydrogen-bond acceptors (Lipinski definition) is 4. The van der Waals surface area contributed by atoms with E-state index < -0.39 is 11.7 Å². The molecule has 0 heterocycles. The zero-order valence-corrected chi connectivity index (χ0v) is 15.7. The minimum Gasteiger partial charge on any atom is -0.444 e. The van der Waals surface area contributed by atoms with Crippen molar-refractivity contribution in [3.05, 3.63) is 0 Å². The van der Waals surface area contributed by atoms with Crippen molar-refractivity contribution in [1.82, 2.24) is 10.6 Å². The first-order chi connectivity index (χ1) is 10.1. The Hall–Kier alpha value is -0.860. The van der Waals surface area contributed by atoms with Crippen LogP contribution in [0.1, 0.15) is 47.0 Å². The van der Waals surface area contributed by atoms with Crippen LogP contribution in [0.4, 0.5) is 4.79 Å². The van der Waals surface area contributed by atoms with Crippen molar-refractivity contribution in [2.24, 2.45) is 5.92 Å². The molecule has 1 aliphatic carbocycles. The van der Waals surface area contributed by atoms with Gasteiger partial charge in [0.25, 0.3) is 0 Å². The summed E-state index contributed by atoms with van der Waals surface area (Å²) in [5.41, 5.74) is -0.582. The molecule has 0 spiro atoms. The summed E-state index contributed by atoms with van der Waals surface area (Å²) in [6.07, 6.45) is 2.02. The molecule has 2 amide bonds. The summed E-state index contributed by atoms with van der Waals surface area (Å²) in [4.78, 5) is 34.7. The molecule has 6 nitrogen and oxygen atoms in total. The lowest BCUT2D eigenvalue weighted by Gasteiger charge is -2.20. The highest BCUT2D eigenvalue weighted by Crippen LogP contribution is 2.32. The van der Waals surface area contributed by atoms with Gasteiger partial charge in [0, 0.05) is 6.04 Å². The van der Waals surface area contributed by atoms with Gasteiger partial charge in [0.1, 0.15) is 17.9 Å². The molecule has 22 heavy (non-hydrogen) atoms. The molecule has 126 valence electrons. The number of ether oxygens (including phenoxy) is 1. The molecule has 0 aromatic heterocycles. The van der Waals surface area contributed by atoms with Gasteiger partial charge in [-0.1, -0.05) is 22.6 Å². The third-order valence-electron chi connectivity index (χ3n) is 3.43. The van der Waals surface area contributed by atoms with Crippen molar-refractivity contribution in [3.63, 3.8) is 0 Å². The molecular weight excluding hydrogens is 399 g/mol. The molecule has 1 rings (SSSR count). The zero-order valence-electron chi connectivity index (χ0n) is 13.6. The summed E-state index contributed by atoms with van der Waals surface area (Å²) < 4.78 is 5.08. The minimum atomic E-state index is -0.601. The molecule has 1 saturated carbocycles. The number of ketones is 1. The quantitative estimate of drug-likeness (QED) is 0.524. The van der Waals surface area contributed by atoms with E-state index in [1.165, 1.54) is 0 Å². The van der Waals surface area contributed by atoms with E-state index in [1.807, 2.05) is 0 Å². The molecule has 0 aromatic rings. The Bertz CT molecular complexity index is 434. The Morgan fingerprint density at radius 3 is 2.45 bits per heavy atom. The zero-order chi connectivity index (χ0) is 16.9. The maximum Gasteiger partial charge on any atom is 0.408 e. The highest BCUT2D eigenvalue weighted by atomic mass is 127. The highest BCUT2D eigenvalue weighted by Gasteiger charge is 2.32. The molecule has 7 heteroatoms. The first-order valence-electron chi connectivity index (χ1n) is 7.49. The second-order valence-electron chi connectivity index (χ2n) is 6.71. The number of halogens is 1. The van der Waals surface area contributed by atoms with E-state index in [9.17, 15) is 14.4 Å². The lowest BCUT2D eigenvalue weighted by Crippen LogP contribution is -2.42. The Morgan fingerprint density at radius 1 is 1.27 bits per heavy atom. The van der Waals surface area contributed by atoms with Crippen molar-refractivity contribution >= 4 is 40.4 Å². The van der Waals surface area contributed by atoms with Crippen molar-refractivity contribution in [1.29, 1.82) is 0 Å². The number of rotatable bonds is 5. The van der Waals surface area contributed by atoms with Crippen LogP contribution in [0.15, 0.2) is 0 Å². The summed E-state index contributed by atoms with van der Waals surface area (Å²) in [7, 11) is 0.